The molecule has 5 heteroatoms. The fourth-order valence-corrected chi connectivity index (χ4v) is 3.19. The van der Waals surface area contributed by atoms with Gasteiger partial charge in [-0.1, -0.05) is 36.4 Å². The van der Waals surface area contributed by atoms with E-state index >= 15 is 0 Å². The molecule has 3 aromatic rings. The van der Waals surface area contributed by atoms with Crippen molar-refractivity contribution >= 4 is 5.91 Å². The van der Waals surface area contributed by atoms with E-state index in [0.29, 0.717) is 12.1 Å². The molecular formula is C22H20N2O3. The Morgan fingerprint density at radius 2 is 1.78 bits per heavy atom. The third kappa shape index (κ3) is 3.62. The van der Waals surface area contributed by atoms with Crippen LogP contribution in [-0.2, 0) is 6.54 Å². The second-order valence-corrected chi connectivity index (χ2v) is 6.44. The smallest absolute Gasteiger partial charge is 0.254 e. The number of carbonyl (C=O) groups is 1. The van der Waals surface area contributed by atoms with Crippen LogP contribution in [0.15, 0.2) is 73.1 Å². The minimum absolute atomic E-state index is 0.0357. The Balaban J connectivity index is 1.66. The highest BCUT2D eigenvalue weighted by atomic mass is 16.7. The van der Waals surface area contributed by atoms with Crippen LogP contribution in [0.1, 0.15) is 34.5 Å². The van der Waals surface area contributed by atoms with Crippen molar-refractivity contribution in [3.63, 3.8) is 0 Å². The van der Waals surface area contributed by atoms with Crippen molar-refractivity contribution in [1.29, 1.82) is 0 Å². The molecule has 4 rings (SSSR count). The second-order valence-electron chi connectivity index (χ2n) is 6.44. The molecule has 1 aliphatic rings. The number of hydrogen-bond donors (Lipinski definition) is 0. The highest BCUT2D eigenvalue weighted by Crippen LogP contribution is 2.34. The predicted octanol–water partition coefficient (Wildman–Crippen LogP) is 4.21. The van der Waals surface area contributed by atoms with E-state index < -0.39 is 0 Å². The van der Waals surface area contributed by atoms with Gasteiger partial charge in [-0.3, -0.25) is 9.78 Å². The molecule has 1 amide bonds. The molecule has 0 spiro atoms. The topological polar surface area (TPSA) is 51.7 Å². The van der Waals surface area contributed by atoms with Gasteiger partial charge in [-0.2, -0.15) is 0 Å². The first-order chi connectivity index (χ1) is 13.2. The first-order valence-electron chi connectivity index (χ1n) is 8.87. The van der Waals surface area contributed by atoms with Crippen LogP contribution in [-0.4, -0.2) is 22.6 Å². The van der Waals surface area contributed by atoms with E-state index in [9.17, 15) is 4.79 Å². The van der Waals surface area contributed by atoms with Crippen molar-refractivity contribution in [1.82, 2.24) is 9.88 Å². The molecule has 2 heterocycles. The van der Waals surface area contributed by atoms with Gasteiger partial charge in [0.15, 0.2) is 11.5 Å². The summed E-state index contributed by atoms with van der Waals surface area (Å²) in [5.41, 5.74) is 2.69. The lowest BCUT2D eigenvalue weighted by Gasteiger charge is -2.30. The average Bonchev–Trinajstić information content (AvgIpc) is 3.20. The highest BCUT2D eigenvalue weighted by Gasteiger charge is 2.24. The van der Waals surface area contributed by atoms with Crippen LogP contribution >= 0.6 is 0 Å². The van der Waals surface area contributed by atoms with Crippen LogP contribution in [0.25, 0.3) is 0 Å². The van der Waals surface area contributed by atoms with E-state index in [0.717, 1.165) is 22.6 Å². The Labute approximate surface area is 158 Å². The zero-order chi connectivity index (χ0) is 18.6. The molecule has 0 N–H and O–H groups in total. The van der Waals surface area contributed by atoms with Crippen LogP contribution in [0.5, 0.6) is 11.5 Å². The molecule has 0 fully saturated rings. The maximum Gasteiger partial charge on any atom is 0.254 e. The maximum atomic E-state index is 13.2. The van der Waals surface area contributed by atoms with Crippen molar-refractivity contribution < 1.29 is 14.3 Å². The number of fused-ring (bicyclic) bond motifs is 1. The number of nitrogens with zero attached hydrogens (tertiary/aromatic N) is 2. The van der Waals surface area contributed by atoms with E-state index in [1.807, 2.05) is 60.4 Å². The lowest BCUT2D eigenvalue weighted by Crippen LogP contribution is -2.33. The summed E-state index contributed by atoms with van der Waals surface area (Å²) >= 11 is 0. The highest BCUT2D eigenvalue weighted by molar-refractivity contribution is 5.94. The summed E-state index contributed by atoms with van der Waals surface area (Å²) in [5, 5.41) is 0. The number of carbonyl (C=O) groups excluding carboxylic acids is 1. The second kappa shape index (κ2) is 7.50. The molecular weight excluding hydrogens is 340 g/mol. The summed E-state index contributed by atoms with van der Waals surface area (Å²) in [5.74, 6) is 1.42. The van der Waals surface area contributed by atoms with Crippen molar-refractivity contribution in [3.8, 4) is 11.5 Å². The van der Waals surface area contributed by atoms with Crippen LogP contribution in [0, 0.1) is 0 Å². The normalized spacial score (nSPS) is 13.2. The van der Waals surface area contributed by atoms with Crippen molar-refractivity contribution in [2.24, 2.45) is 0 Å². The minimum Gasteiger partial charge on any atom is -0.454 e. The Morgan fingerprint density at radius 3 is 2.56 bits per heavy atom. The number of aromatic nitrogens is 1. The Bertz CT molecular complexity index is 929. The van der Waals surface area contributed by atoms with Gasteiger partial charge in [0.05, 0.1) is 6.04 Å². The number of amides is 1. The van der Waals surface area contributed by atoms with Gasteiger partial charge in [-0.05, 0) is 42.3 Å². The summed E-state index contributed by atoms with van der Waals surface area (Å²) in [6, 6.07) is 19.2. The lowest BCUT2D eigenvalue weighted by atomic mass is 10.0. The monoisotopic (exact) mass is 360 g/mol. The van der Waals surface area contributed by atoms with Crippen LogP contribution in [0.4, 0.5) is 0 Å². The van der Waals surface area contributed by atoms with E-state index in [1.54, 1.807) is 24.5 Å². The van der Waals surface area contributed by atoms with Crippen molar-refractivity contribution in [3.05, 3.63) is 89.7 Å². The molecule has 1 unspecified atom stereocenters. The van der Waals surface area contributed by atoms with Crippen LogP contribution in [0.2, 0.25) is 0 Å². The quantitative estimate of drug-likeness (QED) is 0.684. The average molecular weight is 360 g/mol. The summed E-state index contributed by atoms with van der Waals surface area (Å²) < 4.78 is 10.9. The zero-order valence-electron chi connectivity index (χ0n) is 15.0. The summed E-state index contributed by atoms with van der Waals surface area (Å²) in [7, 11) is 0. The zero-order valence-corrected chi connectivity index (χ0v) is 15.0. The standard InChI is InChI=1S/C22H20N2O3/c1-16(18-5-3-2-4-6-18)24(22(25)19-9-11-23-12-10-19)14-17-7-8-20-21(13-17)27-15-26-20/h2-13,16H,14-15H2,1H3. The molecule has 27 heavy (non-hydrogen) atoms. The summed E-state index contributed by atoms with van der Waals surface area (Å²) in [6.45, 7) is 2.74. The molecule has 0 saturated carbocycles. The number of ether oxygens (including phenoxy) is 2. The first kappa shape index (κ1) is 17.1. The lowest BCUT2D eigenvalue weighted by molar-refractivity contribution is 0.0674. The molecule has 1 atom stereocenters. The van der Waals surface area contributed by atoms with E-state index in [2.05, 4.69) is 4.98 Å². The molecule has 0 aliphatic carbocycles. The predicted molar refractivity (Wildman–Crippen MR) is 102 cm³/mol. The number of pyridine rings is 1. The summed E-state index contributed by atoms with van der Waals surface area (Å²) in [4.78, 5) is 19.1. The van der Waals surface area contributed by atoms with Gasteiger partial charge in [-0.25, -0.2) is 0 Å². The van der Waals surface area contributed by atoms with Crippen molar-refractivity contribution in [2.45, 2.75) is 19.5 Å². The fraction of sp³-hybridized carbons (Fsp3) is 0.182. The molecule has 0 bridgehead atoms. The fourth-order valence-electron chi connectivity index (χ4n) is 3.19. The maximum absolute atomic E-state index is 13.2. The van der Waals surface area contributed by atoms with E-state index in [-0.39, 0.29) is 18.7 Å². The largest absolute Gasteiger partial charge is 0.454 e. The third-order valence-electron chi connectivity index (χ3n) is 4.73. The first-order valence-corrected chi connectivity index (χ1v) is 8.87. The number of rotatable bonds is 5. The molecule has 5 nitrogen and oxygen atoms in total. The van der Waals surface area contributed by atoms with Gasteiger partial charge in [-0.15, -0.1) is 0 Å². The minimum atomic E-state index is -0.0858. The molecule has 0 saturated heterocycles. The molecule has 0 radical (unpaired) electrons. The van der Waals surface area contributed by atoms with Crippen LogP contribution in [0.3, 0.4) is 0 Å². The molecule has 1 aliphatic heterocycles. The van der Waals surface area contributed by atoms with E-state index in [4.69, 9.17) is 9.47 Å². The Morgan fingerprint density at radius 1 is 1.04 bits per heavy atom. The van der Waals surface area contributed by atoms with Crippen LogP contribution < -0.4 is 9.47 Å². The number of hydrogen-bond acceptors (Lipinski definition) is 4. The van der Waals surface area contributed by atoms with E-state index in [1.165, 1.54) is 0 Å². The van der Waals surface area contributed by atoms with Gasteiger partial charge in [0.2, 0.25) is 6.79 Å². The Hall–Kier alpha value is -3.34. The number of benzene rings is 2. The van der Waals surface area contributed by atoms with Crippen molar-refractivity contribution in [2.75, 3.05) is 6.79 Å². The molecule has 136 valence electrons. The molecule has 1 aromatic heterocycles. The van der Waals surface area contributed by atoms with Gasteiger partial charge >= 0.3 is 0 Å². The van der Waals surface area contributed by atoms with Gasteiger partial charge in [0, 0.05) is 24.5 Å². The Kier molecular flexibility index (Phi) is 4.75. The van der Waals surface area contributed by atoms with Gasteiger partial charge < -0.3 is 14.4 Å². The SMILES string of the molecule is CC(c1ccccc1)N(Cc1ccc2c(c1)OCO2)C(=O)c1ccncc1. The molecule has 2 aromatic carbocycles. The third-order valence-corrected chi connectivity index (χ3v) is 4.73. The summed E-state index contributed by atoms with van der Waals surface area (Å²) in [6.07, 6.45) is 3.28. The van der Waals surface area contributed by atoms with Gasteiger partial charge in [0.25, 0.3) is 5.91 Å². The van der Waals surface area contributed by atoms with Gasteiger partial charge in [0.1, 0.15) is 0 Å².